The second-order valence-electron chi connectivity index (χ2n) is 21.3. The first-order chi connectivity index (χ1) is 26.5. The summed E-state index contributed by atoms with van der Waals surface area (Å²) in [7, 11) is 0. The Morgan fingerprint density at radius 1 is 0.655 bits per heavy atom. The van der Waals surface area contributed by atoms with Gasteiger partial charge in [-0.05, 0) is 130 Å². The Morgan fingerprint density at radius 2 is 1.22 bits per heavy atom. The lowest BCUT2D eigenvalue weighted by atomic mass is 9.47. The van der Waals surface area contributed by atoms with Crippen molar-refractivity contribution in [2.75, 3.05) is 13.1 Å². The van der Waals surface area contributed by atoms with Crippen molar-refractivity contribution in [3.05, 3.63) is 11.6 Å². The van der Waals surface area contributed by atoms with E-state index in [1.165, 1.54) is 161 Å². The van der Waals surface area contributed by atoms with E-state index in [4.69, 9.17) is 4.74 Å². The number of allylic oxidation sites excluding steroid dienone is 1. The average molecular weight is 766 g/mol. The second kappa shape index (κ2) is 24.9. The summed E-state index contributed by atoms with van der Waals surface area (Å²) in [6.45, 7) is 19.6. The molecule has 8 atom stereocenters. The van der Waals surface area contributed by atoms with Crippen LogP contribution in [0.4, 0.5) is 0 Å². The van der Waals surface area contributed by atoms with Crippen LogP contribution in [0.3, 0.4) is 0 Å². The monoisotopic (exact) mass is 766 g/mol. The molecule has 320 valence electrons. The predicted octanol–water partition coefficient (Wildman–Crippen LogP) is 15.6. The van der Waals surface area contributed by atoms with Crippen molar-refractivity contribution in [1.29, 1.82) is 0 Å². The molecule has 0 heterocycles. The van der Waals surface area contributed by atoms with E-state index in [2.05, 4.69) is 59.9 Å². The van der Waals surface area contributed by atoms with Gasteiger partial charge in [-0.3, -0.25) is 4.79 Å². The summed E-state index contributed by atoms with van der Waals surface area (Å²) in [5, 5.41) is 3.65. The highest BCUT2D eigenvalue weighted by molar-refractivity contribution is 5.69. The van der Waals surface area contributed by atoms with E-state index in [0.717, 1.165) is 80.2 Å². The van der Waals surface area contributed by atoms with E-state index in [9.17, 15) is 4.79 Å². The Kier molecular flexibility index (Phi) is 21.2. The molecule has 0 radical (unpaired) electrons. The molecular weight excluding hydrogens is 671 g/mol. The molecule has 55 heavy (non-hydrogen) atoms. The van der Waals surface area contributed by atoms with E-state index in [0.29, 0.717) is 17.3 Å². The maximum absolute atomic E-state index is 12.9. The molecule has 4 aliphatic carbocycles. The number of carbonyl (C=O) groups excluding carboxylic acids is 1. The van der Waals surface area contributed by atoms with Gasteiger partial charge in [-0.2, -0.15) is 0 Å². The van der Waals surface area contributed by atoms with Crippen molar-refractivity contribution >= 4 is 5.97 Å². The van der Waals surface area contributed by atoms with Gasteiger partial charge in [-0.15, -0.1) is 0 Å². The van der Waals surface area contributed by atoms with Crippen molar-refractivity contribution in [3.8, 4) is 0 Å². The molecule has 3 saturated carbocycles. The van der Waals surface area contributed by atoms with Gasteiger partial charge in [0, 0.05) is 12.8 Å². The zero-order valence-corrected chi connectivity index (χ0v) is 38.1. The largest absolute Gasteiger partial charge is 0.462 e. The van der Waals surface area contributed by atoms with E-state index >= 15 is 0 Å². The van der Waals surface area contributed by atoms with Gasteiger partial charge < -0.3 is 10.1 Å². The van der Waals surface area contributed by atoms with Crippen LogP contribution in [0.5, 0.6) is 0 Å². The highest BCUT2D eigenvalue weighted by Gasteiger charge is 2.59. The number of carbonyl (C=O) groups is 1. The van der Waals surface area contributed by atoms with Crippen LogP contribution >= 0.6 is 0 Å². The molecule has 0 aromatic heterocycles. The number of ether oxygens (including phenoxy) is 1. The van der Waals surface area contributed by atoms with Crippen LogP contribution in [0.2, 0.25) is 0 Å². The third-order valence-corrected chi connectivity index (χ3v) is 16.2. The van der Waals surface area contributed by atoms with Crippen molar-refractivity contribution < 1.29 is 9.53 Å². The summed E-state index contributed by atoms with van der Waals surface area (Å²) in [5.41, 5.74) is 2.52. The average Bonchev–Trinajstić information content (AvgIpc) is 3.51. The van der Waals surface area contributed by atoms with Gasteiger partial charge in [0.15, 0.2) is 0 Å². The highest BCUT2D eigenvalue weighted by atomic mass is 16.5. The summed E-state index contributed by atoms with van der Waals surface area (Å²) in [6, 6.07) is 0. The van der Waals surface area contributed by atoms with Gasteiger partial charge in [0.05, 0.1) is 0 Å². The molecule has 0 aromatic rings. The smallest absolute Gasteiger partial charge is 0.306 e. The van der Waals surface area contributed by atoms with Crippen molar-refractivity contribution in [1.82, 2.24) is 5.32 Å². The topological polar surface area (TPSA) is 38.3 Å². The third kappa shape index (κ3) is 15.1. The molecule has 4 aliphatic rings. The lowest BCUT2D eigenvalue weighted by Crippen LogP contribution is -2.51. The molecule has 3 nitrogen and oxygen atoms in total. The quantitative estimate of drug-likeness (QED) is 0.0468. The molecule has 0 aliphatic heterocycles. The van der Waals surface area contributed by atoms with Gasteiger partial charge >= 0.3 is 5.97 Å². The standard InChI is InChI=1S/C52H95NO2/c1-41(2)26-21-18-16-14-12-10-8-9-11-13-15-17-19-23-38-53-39-24-20-22-29-50(54)55-45-34-36-51(6)44(40-45)30-31-46-48-33-32-47(43(5)28-25-27-42(3)4)52(48,7)37-35-49(46)51/h30,41-43,45-49,53H,8-29,31-40H2,1-7H3. The summed E-state index contributed by atoms with van der Waals surface area (Å²) >= 11 is 0. The first kappa shape index (κ1) is 46.9. The van der Waals surface area contributed by atoms with Gasteiger partial charge in [0.1, 0.15) is 6.10 Å². The number of hydrogen-bond acceptors (Lipinski definition) is 3. The van der Waals surface area contributed by atoms with Gasteiger partial charge in [-0.25, -0.2) is 0 Å². The van der Waals surface area contributed by atoms with Crippen LogP contribution in [0.1, 0.15) is 241 Å². The summed E-state index contributed by atoms with van der Waals surface area (Å²) in [6.07, 6.45) is 42.5. The van der Waals surface area contributed by atoms with Crippen LogP contribution in [-0.2, 0) is 9.53 Å². The van der Waals surface area contributed by atoms with E-state index in [1.807, 2.05) is 0 Å². The fourth-order valence-electron chi connectivity index (χ4n) is 12.7. The van der Waals surface area contributed by atoms with Crippen LogP contribution < -0.4 is 5.32 Å². The van der Waals surface area contributed by atoms with Crippen LogP contribution in [0.15, 0.2) is 11.6 Å². The molecule has 0 saturated heterocycles. The van der Waals surface area contributed by atoms with Crippen LogP contribution in [0.25, 0.3) is 0 Å². The lowest BCUT2D eigenvalue weighted by molar-refractivity contribution is -0.151. The van der Waals surface area contributed by atoms with Crippen LogP contribution in [-0.4, -0.2) is 25.2 Å². The minimum absolute atomic E-state index is 0.0479. The summed E-state index contributed by atoms with van der Waals surface area (Å²) in [5.74, 6) is 6.17. The SMILES string of the molecule is CC(C)CCCCCCCCCCCCCCCCNCCCCCC(=O)OC1CCC2(C)C(=CCC3C2CCC2(C)C(C(C)CCCC(C)C)CCC32)C1. The normalized spacial score (nSPS) is 29.5. The first-order valence-corrected chi connectivity index (χ1v) is 25.1. The van der Waals surface area contributed by atoms with Gasteiger partial charge in [0.2, 0.25) is 0 Å². The van der Waals surface area contributed by atoms with Crippen molar-refractivity contribution in [2.24, 2.45) is 52.3 Å². The van der Waals surface area contributed by atoms with Crippen molar-refractivity contribution in [3.63, 3.8) is 0 Å². The fourth-order valence-corrected chi connectivity index (χ4v) is 12.7. The van der Waals surface area contributed by atoms with Crippen LogP contribution in [0, 0.1) is 52.3 Å². The number of nitrogens with one attached hydrogen (secondary N) is 1. The van der Waals surface area contributed by atoms with E-state index in [1.54, 1.807) is 5.57 Å². The summed E-state index contributed by atoms with van der Waals surface area (Å²) in [4.78, 5) is 12.9. The maximum Gasteiger partial charge on any atom is 0.306 e. The molecular formula is C52H95NO2. The predicted molar refractivity (Wildman–Crippen MR) is 238 cm³/mol. The zero-order valence-electron chi connectivity index (χ0n) is 38.1. The fraction of sp³-hybridized carbons (Fsp3) is 0.942. The zero-order chi connectivity index (χ0) is 39.5. The van der Waals surface area contributed by atoms with Crippen molar-refractivity contribution in [2.45, 2.75) is 247 Å². The number of fused-ring (bicyclic) bond motifs is 5. The number of esters is 1. The molecule has 0 spiro atoms. The molecule has 0 amide bonds. The highest BCUT2D eigenvalue weighted by Crippen LogP contribution is 2.67. The Bertz CT molecular complexity index is 1080. The Hall–Kier alpha value is -0.830. The molecule has 0 aromatic carbocycles. The minimum atomic E-state index is 0.0479. The maximum atomic E-state index is 12.9. The van der Waals surface area contributed by atoms with Gasteiger partial charge in [0.25, 0.3) is 0 Å². The number of rotatable bonds is 29. The molecule has 0 bridgehead atoms. The van der Waals surface area contributed by atoms with E-state index in [-0.39, 0.29) is 12.1 Å². The molecule has 4 rings (SSSR count). The second-order valence-corrected chi connectivity index (χ2v) is 21.3. The number of hydrogen-bond donors (Lipinski definition) is 1. The Morgan fingerprint density at radius 3 is 1.84 bits per heavy atom. The third-order valence-electron chi connectivity index (χ3n) is 16.2. The first-order valence-electron chi connectivity index (χ1n) is 25.1. The molecule has 3 fully saturated rings. The van der Waals surface area contributed by atoms with Gasteiger partial charge in [-0.1, -0.05) is 176 Å². The molecule has 1 N–H and O–H groups in total. The Labute approximate surface area is 343 Å². The van der Waals surface area contributed by atoms with E-state index < -0.39 is 0 Å². The number of unbranched alkanes of at least 4 members (excludes halogenated alkanes) is 15. The minimum Gasteiger partial charge on any atom is -0.462 e. The molecule has 3 heteroatoms. The lowest BCUT2D eigenvalue weighted by Gasteiger charge is -2.58. The summed E-state index contributed by atoms with van der Waals surface area (Å²) < 4.78 is 6.15. The molecule has 8 unspecified atom stereocenters. The Balaban J connectivity index is 0.980.